The Balaban J connectivity index is 2.05. The molecule has 1 aliphatic heterocycles. The summed E-state index contributed by atoms with van der Waals surface area (Å²) in [6.45, 7) is 0.180. The Bertz CT molecular complexity index is 581. The topological polar surface area (TPSA) is 89.3 Å². The molecule has 2 atom stereocenters. The Hall–Kier alpha value is -1.66. The van der Waals surface area contributed by atoms with Crippen molar-refractivity contribution in [1.29, 1.82) is 0 Å². The Morgan fingerprint density at radius 3 is 2.58 bits per heavy atom. The van der Waals surface area contributed by atoms with Crippen LogP contribution in [0, 0.1) is 0 Å². The summed E-state index contributed by atoms with van der Waals surface area (Å²) in [6.07, 6.45) is 1.49. The van der Waals surface area contributed by atoms with Gasteiger partial charge >= 0.3 is 0 Å². The number of hydrogen-bond acceptors (Lipinski definition) is 4. The molecular formula is C13H16N2O3S. The molecule has 5 nitrogen and oxygen atoms in total. The number of nitrogens with one attached hydrogen (secondary N) is 1. The monoisotopic (exact) mass is 280 g/mol. The Kier molecular flexibility index (Phi) is 4.01. The maximum absolute atomic E-state index is 12.1. The lowest BCUT2D eigenvalue weighted by molar-refractivity contribution is -0.122. The molecular weight excluding hydrogens is 264 g/mol. The highest BCUT2D eigenvalue weighted by atomic mass is 32.2. The van der Waals surface area contributed by atoms with Crippen LogP contribution in [0.1, 0.15) is 11.5 Å². The number of hydrogen-bond donors (Lipinski definition) is 2. The molecule has 1 aromatic rings. The van der Waals surface area contributed by atoms with Crippen LogP contribution < -0.4 is 11.1 Å². The van der Waals surface area contributed by atoms with E-state index in [1.807, 2.05) is 30.3 Å². The van der Waals surface area contributed by atoms with Gasteiger partial charge in [0.1, 0.15) is 0 Å². The summed E-state index contributed by atoms with van der Waals surface area (Å²) in [5, 5.41) is 3.84. The van der Waals surface area contributed by atoms with Crippen molar-refractivity contribution < 1.29 is 13.2 Å². The highest BCUT2D eigenvalue weighted by Gasteiger charge is 2.26. The molecule has 102 valence electrons. The van der Waals surface area contributed by atoms with Crippen molar-refractivity contribution in [1.82, 2.24) is 5.32 Å². The molecule has 0 saturated heterocycles. The highest BCUT2D eigenvalue weighted by molar-refractivity contribution is 7.94. The molecule has 0 aromatic heterocycles. The van der Waals surface area contributed by atoms with Gasteiger partial charge < -0.3 is 11.1 Å². The van der Waals surface area contributed by atoms with Gasteiger partial charge in [0.15, 0.2) is 9.84 Å². The lowest BCUT2D eigenvalue weighted by atomic mass is 9.98. The van der Waals surface area contributed by atoms with Crippen LogP contribution in [0.3, 0.4) is 0 Å². The van der Waals surface area contributed by atoms with Crippen LogP contribution in [-0.2, 0) is 14.6 Å². The molecule has 2 unspecified atom stereocenters. The van der Waals surface area contributed by atoms with Gasteiger partial charge in [-0.2, -0.15) is 0 Å². The van der Waals surface area contributed by atoms with Gasteiger partial charge in [-0.1, -0.05) is 30.3 Å². The summed E-state index contributed by atoms with van der Waals surface area (Å²) in [5.74, 6) is -0.788. The predicted molar refractivity (Wildman–Crippen MR) is 73.1 cm³/mol. The molecule has 0 fully saturated rings. The van der Waals surface area contributed by atoms with E-state index in [9.17, 15) is 13.2 Å². The summed E-state index contributed by atoms with van der Waals surface area (Å²) in [4.78, 5) is 12.1. The number of sulfone groups is 1. The van der Waals surface area contributed by atoms with Gasteiger partial charge in [-0.05, 0) is 11.6 Å². The van der Waals surface area contributed by atoms with Crippen molar-refractivity contribution in [2.45, 2.75) is 12.0 Å². The fourth-order valence-corrected chi connectivity index (χ4v) is 3.26. The zero-order valence-corrected chi connectivity index (χ0v) is 11.1. The van der Waals surface area contributed by atoms with Gasteiger partial charge in [-0.3, -0.25) is 4.79 Å². The number of nitrogens with two attached hydrogens (primary N) is 1. The third-order valence-corrected chi connectivity index (χ3v) is 4.41. The van der Waals surface area contributed by atoms with E-state index in [2.05, 4.69) is 5.32 Å². The summed E-state index contributed by atoms with van der Waals surface area (Å²) in [7, 11) is -3.16. The van der Waals surface area contributed by atoms with Crippen LogP contribution in [0.5, 0.6) is 0 Å². The molecule has 1 amide bonds. The van der Waals surface area contributed by atoms with Crippen LogP contribution in [0.2, 0.25) is 0 Å². The second-order valence-electron chi connectivity index (χ2n) is 4.47. The van der Waals surface area contributed by atoms with Gasteiger partial charge in [-0.25, -0.2) is 8.42 Å². The zero-order chi connectivity index (χ0) is 13.9. The Labute approximate surface area is 112 Å². The first-order valence-corrected chi connectivity index (χ1v) is 7.70. The quantitative estimate of drug-likeness (QED) is 0.822. The molecule has 6 heteroatoms. The van der Waals surface area contributed by atoms with E-state index in [0.717, 1.165) is 11.0 Å². The first-order valence-electron chi connectivity index (χ1n) is 5.98. The summed E-state index contributed by atoms with van der Waals surface area (Å²) >= 11 is 0. The molecule has 19 heavy (non-hydrogen) atoms. The van der Waals surface area contributed by atoms with Gasteiger partial charge in [0.25, 0.3) is 0 Å². The minimum Gasteiger partial charge on any atom is -0.348 e. The second kappa shape index (κ2) is 5.54. The van der Waals surface area contributed by atoms with Crippen molar-refractivity contribution in [2.75, 3.05) is 12.3 Å². The molecule has 1 heterocycles. The maximum atomic E-state index is 12.1. The standard InChI is InChI=1S/C13H16N2O3S/c14-8-12(10-4-2-1-3-5-10)13(16)15-11-6-7-19(17,18)9-11/h1-7,11-12H,8-9,14H2,(H,15,16). The van der Waals surface area contributed by atoms with Gasteiger partial charge in [0, 0.05) is 12.0 Å². The van der Waals surface area contributed by atoms with E-state index in [1.54, 1.807) is 0 Å². The van der Waals surface area contributed by atoms with Crippen LogP contribution in [0.15, 0.2) is 41.8 Å². The lowest BCUT2D eigenvalue weighted by Gasteiger charge is -2.17. The average Bonchev–Trinajstić information content (AvgIpc) is 2.71. The number of amides is 1. The van der Waals surface area contributed by atoms with Gasteiger partial charge in [-0.15, -0.1) is 0 Å². The maximum Gasteiger partial charge on any atom is 0.229 e. The third-order valence-electron chi connectivity index (χ3n) is 3.01. The molecule has 0 bridgehead atoms. The first-order chi connectivity index (χ1) is 9.02. The Morgan fingerprint density at radius 2 is 2.05 bits per heavy atom. The predicted octanol–water partition coefficient (Wildman–Crippen LogP) is 0.156. The number of rotatable bonds is 4. The molecule has 2 rings (SSSR count). The average molecular weight is 280 g/mol. The van der Waals surface area contributed by atoms with Crippen LogP contribution >= 0.6 is 0 Å². The van der Waals surface area contributed by atoms with Gasteiger partial charge in [0.2, 0.25) is 5.91 Å². The molecule has 0 aliphatic carbocycles. The van der Waals surface area contributed by atoms with Crippen molar-refractivity contribution >= 4 is 15.7 Å². The SMILES string of the molecule is NCC(C(=O)NC1C=CS(=O)(=O)C1)c1ccccc1. The van der Waals surface area contributed by atoms with Crippen molar-refractivity contribution in [3.05, 3.63) is 47.4 Å². The highest BCUT2D eigenvalue weighted by Crippen LogP contribution is 2.16. The van der Waals surface area contributed by atoms with Crippen LogP contribution in [0.4, 0.5) is 0 Å². The molecule has 3 N–H and O–H groups in total. The van der Waals surface area contributed by atoms with E-state index in [1.165, 1.54) is 6.08 Å². The minimum atomic E-state index is -3.16. The third kappa shape index (κ3) is 3.42. The summed E-state index contributed by atoms with van der Waals surface area (Å²) in [6, 6.07) is 8.74. The minimum absolute atomic E-state index is 0.0786. The molecule has 0 spiro atoms. The van der Waals surface area contributed by atoms with E-state index < -0.39 is 21.8 Å². The van der Waals surface area contributed by atoms with Crippen molar-refractivity contribution in [2.24, 2.45) is 5.73 Å². The molecule has 0 radical (unpaired) electrons. The first kappa shape index (κ1) is 13.8. The van der Waals surface area contributed by atoms with E-state index in [-0.39, 0.29) is 18.2 Å². The largest absolute Gasteiger partial charge is 0.348 e. The summed E-state index contributed by atoms with van der Waals surface area (Å²) in [5.41, 5.74) is 6.46. The zero-order valence-electron chi connectivity index (χ0n) is 10.3. The summed E-state index contributed by atoms with van der Waals surface area (Å²) < 4.78 is 22.5. The molecule has 1 aliphatic rings. The Morgan fingerprint density at radius 1 is 1.37 bits per heavy atom. The van der Waals surface area contributed by atoms with Crippen molar-refractivity contribution in [3.63, 3.8) is 0 Å². The van der Waals surface area contributed by atoms with Crippen molar-refractivity contribution in [3.8, 4) is 0 Å². The number of carbonyl (C=O) groups is 1. The smallest absolute Gasteiger partial charge is 0.229 e. The van der Waals surface area contributed by atoms with Crippen LogP contribution in [0.25, 0.3) is 0 Å². The fourth-order valence-electron chi connectivity index (χ4n) is 2.03. The van der Waals surface area contributed by atoms with Gasteiger partial charge in [0.05, 0.1) is 17.7 Å². The number of benzene rings is 1. The van der Waals surface area contributed by atoms with E-state index in [0.29, 0.717) is 0 Å². The second-order valence-corrected chi connectivity index (χ2v) is 6.40. The molecule has 0 saturated carbocycles. The fraction of sp³-hybridized carbons (Fsp3) is 0.308. The lowest BCUT2D eigenvalue weighted by Crippen LogP contribution is -2.40. The molecule has 1 aromatic carbocycles. The van der Waals surface area contributed by atoms with Crippen LogP contribution in [-0.4, -0.2) is 32.7 Å². The normalized spacial score (nSPS) is 22.1. The number of carbonyl (C=O) groups excluding carboxylic acids is 1. The van der Waals surface area contributed by atoms with E-state index in [4.69, 9.17) is 5.73 Å². The van der Waals surface area contributed by atoms with E-state index >= 15 is 0 Å².